The predicted octanol–water partition coefficient (Wildman–Crippen LogP) is -0.467. The van der Waals surface area contributed by atoms with Crippen molar-refractivity contribution in [1.29, 1.82) is 0 Å². The molecule has 5 heteroatoms. The molecule has 2 atom stereocenters. The van der Waals surface area contributed by atoms with Crippen LogP contribution >= 0.6 is 0 Å². The minimum absolute atomic E-state index is 0.0985. The van der Waals surface area contributed by atoms with Crippen molar-refractivity contribution in [2.45, 2.75) is 20.0 Å². The van der Waals surface area contributed by atoms with E-state index in [2.05, 4.69) is 5.32 Å². The highest BCUT2D eigenvalue weighted by Crippen LogP contribution is 2.03. The predicted molar refractivity (Wildman–Crippen MR) is 52.7 cm³/mol. The van der Waals surface area contributed by atoms with Crippen molar-refractivity contribution in [2.75, 3.05) is 24.6 Å². The summed E-state index contributed by atoms with van der Waals surface area (Å²) >= 11 is 0. The Bertz CT molecular complexity index is 220. The first-order valence-corrected chi connectivity index (χ1v) is 6.01. The zero-order valence-electron chi connectivity index (χ0n) is 8.08. The van der Waals surface area contributed by atoms with Crippen molar-refractivity contribution in [1.82, 2.24) is 10.2 Å². The van der Waals surface area contributed by atoms with Crippen LogP contribution in [-0.2, 0) is 15.6 Å². The van der Waals surface area contributed by atoms with E-state index in [1.807, 2.05) is 13.8 Å². The Morgan fingerprint density at radius 3 is 2.85 bits per heavy atom. The maximum Gasteiger partial charge on any atom is 0.237 e. The third-order valence-electron chi connectivity index (χ3n) is 2.22. The minimum Gasteiger partial charge on any atom is -0.325 e. The van der Waals surface area contributed by atoms with Crippen LogP contribution in [0.3, 0.4) is 0 Å². The molecule has 1 aliphatic rings. The fourth-order valence-electron chi connectivity index (χ4n) is 1.33. The molecule has 1 aliphatic heterocycles. The number of rotatable bonds is 4. The second-order valence-electron chi connectivity index (χ2n) is 3.08. The molecule has 0 saturated carbocycles. The Hall–Kier alpha value is -0.420. The maximum absolute atomic E-state index is 11.3. The molecule has 4 nitrogen and oxygen atoms in total. The number of carbonyl (C=O) groups is 1. The summed E-state index contributed by atoms with van der Waals surface area (Å²) in [7, 11) is -0.775. The van der Waals surface area contributed by atoms with Gasteiger partial charge in [-0.15, -0.1) is 0 Å². The number of hydrogen-bond donors (Lipinski definition) is 1. The molecule has 0 radical (unpaired) electrons. The highest BCUT2D eigenvalue weighted by atomic mass is 32.2. The third-order valence-corrected chi connectivity index (χ3v) is 3.50. The number of amides is 1. The van der Waals surface area contributed by atoms with Crippen LogP contribution in [0.1, 0.15) is 13.8 Å². The molecule has 0 aromatic carbocycles. The molecular formula is C8H16N2O2S. The van der Waals surface area contributed by atoms with Crippen molar-refractivity contribution in [2.24, 2.45) is 0 Å². The molecule has 1 N–H and O–H groups in total. The molecular weight excluding hydrogens is 188 g/mol. The molecule has 76 valence electrons. The summed E-state index contributed by atoms with van der Waals surface area (Å²) in [6.45, 7) is 4.86. The molecule has 0 aliphatic carbocycles. The van der Waals surface area contributed by atoms with E-state index in [-0.39, 0.29) is 12.1 Å². The minimum atomic E-state index is -0.775. The molecule has 0 spiro atoms. The average molecular weight is 204 g/mol. The third kappa shape index (κ3) is 2.77. The van der Waals surface area contributed by atoms with Gasteiger partial charge in [-0.25, -0.2) is 0 Å². The zero-order chi connectivity index (χ0) is 9.84. The summed E-state index contributed by atoms with van der Waals surface area (Å²) in [4.78, 5) is 13.0. The summed E-state index contributed by atoms with van der Waals surface area (Å²) < 4.78 is 11.1. The van der Waals surface area contributed by atoms with E-state index in [9.17, 15) is 9.00 Å². The zero-order valence-corrected chi connectivity index (χ0v) is 8.89. The van der Waals surface area contributed by atoms with E-state index in [1.54, 1.807) is 4.90 Å². The Morgan fingerprint density at radius 1 is 1.69 bits per heavy atom. The summed E-state index contributed by atoms with van der Waals surface area (Å²) in [5.41, 5.74) is 0. The standard InChI is InChI=1S/C8H16N2O2S/c1-3-13(12)5-4-10-7(2)9-6-8(10)11/h7,9H,3-6H2,1-2H3. The van der Waals surface area contributed by atoms with E-state index in [0.717, 1.165) is 0 Å². The number of nitrogens with one attached hydrogen (secondary N) is 1. The van der Waals surface area contributed by atoms with Crippen LogP contribution in [-0.4, -0.2) is 45.8 Å². The van der Waals surface area contributed by atoms with Gasteiger partial charge in [0.25, 0.3) is 0 Å². The van der Waals surface area contributed by atoms with Crippen LogP contribution in [0.5, 0.6) is 0 Å². The number of nitrogens with zero attached hydrogens (tertiary/aromatic N) is 1. The Morgan fingerprint density at radius 2 is 2.38 bits per heavy atom. The van der Waals surface area contributed by atoms with Crippen LogP contribution in [0.4, 0.5) is 0 Å². The first-order valence-electron chi connectivity index (χ1n) is 4.53. The van der Waals surface area contributed by atoms with Crippen molar-refractivity contribution >= 4 is 16.7 Å². The molecule has 1 saturated heterocycles. The van der Waals surface area contributed by atoms with Gasteiger partial charge >= 0.3 is 0 Å². The highest BCUT2D eigenvalue weighted by Gasteiger charge is 2.26. The lowest BCUT2D eigenvalue weighted by Crippen LogP contribution is -2.37. The number of hydrogen-bond acceptors (Lipinski definition) is 3. The normalized spacial score (nSPS) is 25.2. The van der Waals surface area contributed by atoms with E-state index >= 15 is 0 Å². The molecule has 0 aromatic heterocycles. The van der Waals surface area contributed by atoms with Crippen LogP contribution < -0.4 is 5.32 Å². The molecule has 1 heterocycles. The smallest absolute Gasteiger partial charge is 0.237 e. The summed E-state index contributed by atoms with van der Waals surface area (Å²) in [6, 6.07) is 0. The quantitative estimate of drug-likeness (QED) is 0.673. The molecule has 0 aromatic rings. The lowest BCUT2D eigenvalue weighted by atomic mass is 10.5. The monoisotopic (exact) mass is 204 g/mol. The largest absolute Gasteiger partial charge is 0.325 e. The van der Waals surface area contributed by atoms with Crippen molar-refractivity contribution in [3.8, 4) is 0 Å². The Labute approximate surface area is 81.1 Å². The van der Waals surface area contributed by atoms with Gasteiger partial charge in [0.15, 0.2) is 0 Å². The van der Waals surface area contributed by atoms with E-state index in [0.29, 0.717) is 24.6 Å². The van der Waals surface area contributed by atoms with Crippen molar-refractivity contribution < 1.29 is 9.00 Å². The van der Waals surface area contributed by atoms with Gasteiger partial charge in [0.2, 0.25) is 5.91 Å². The SMILES string of the molecule is CCS(=O)CCN1C(=O)CNC1C. The molecule has 0 bridgehead atoms. The van der Waals surface area contributed by atoms with Gasteiger partial charge < -0.3 is 4.90 Å². The van der Waals surface area contributed by atoms with Gasteiger partial charge in [0, 0.05) is 28.9 Å². The van der Waals surface area contributed by atoms with E-state index in [1.165, 1.54) is 0 Å². The van der Waals surface area contributed by atoms with Gasteiger partial charge in [0.05, 0.1) is 12.7 Å². The summed E-state index contributed by atoms with van der Waals surface area (Å²) in [5.74, 6) is 1.37. The molecule has 2 unspecified atom stereocenters. The second kappa shape index (κ2) is 4.72. The van der Waals surface area contributed by atoms with Crippen LogP contribution in [0.2, 0.25) is 0 Å². The maximum atomic E-state index is 11.3. The fraction of sp³-hybridized carbons (Fsp3) is 0.875. The van der Waals surface area contributed by atoms with Crippen LogP contribution in [0, 0.1) is 0 Å². The lowest BCUT2D eigenvalue weighted by molar-refractivity contribution is -0.127. The first-order chi connectivity index (χ1) is 6.15. The van der Waals surface area contributed by atoms with Crippen molar-refractivity contribution in [3.05, 3.63) is 0 Å². The Balaban J connectivity index is 2.35. The second-order valence-corrected chi connectivity index (χ2v) is 4.94. The van der Waals surface area contributed by atoms with Gasteiger partial charge in [-0.3, -0.25) is 14.3 Å². The fourth-order valence-corrected chi connectivity index (χ4v) is 2.01. The highest BCUT2D eigenvalue weighted by molar-refractivity contribution is 7.84. The molecule has 1 amide bonds. The van der Waals surface area contributed by atoms with Crippen molar-refractivity contribution in [3.63, 3.8) is 0 Å². The topological polar surface area (TPSA) is 49.4 Å². The van der Waals surface area contributed by atoms with Gasteiger partial charge in [-0.1, -0.05) is 6.92 Å². The summed E-state index contributed by atoms with van der Waals surface area (Å²) in [5, 5.41) is 3.04. The average Bonchev–Trinajstić information content (AvgIpc) is 2.43. The molecule has 13 heavy (non-hydrogen) atoms. The lowest BCUT2D eigenvalue weighted by Gasteiger charge is -2.20. The van der Waals surface area contributed by atoms with Gasteiger partial charge in [0.1, 0.15) is 0 Å². The van der Waals surface area contributed by atoms with E-state index < -0.39 is 10.8 Å². The van der Waals surface area contributed by atoms with Gasteiger partial charge in [-0.05, 0) is 6.92 Å². The van der Waals surface area contributed by atoms with Crippen LogP contribution in [0.15, 0.2) is 0 Å². The molecule has 1 fully saturated rings. The first kappa shape index (κ1) is 10.7. The van der Waals surface area contributed by atoms with E-state index in [4.69, 9.17) is 0 Å². The number of carbonyl (C=O) groups excluding carboxylic acids is 1. The Kier molecular flexibility index (Phi) is 3.87. The van der Waals surface area contributed by atoms with Crippen LogP contribution in [0.25, 0.3) is 0 Å². The molecule has 1 rings (SSSR count). The van der Waals surface area contributed by atoms with Gasteiger partial charge in [-0.2, -0.15) is 0 Å². The summed E-state index contributed by atoms with van der Waals surface area (Å²) in [6.07, 6.45) is 0.0985.